The third-order valence-corrected chi connectivity index (χ3v) is 6.87. The number of carbonyl (C=O) groups is 1. The number of hydrazone groups is 1. The molecule has 2 aliphatic heterocycles. The highest BCUT2D eigenvalue weighted by Crippen LogP contribution is 2.41. The fourth-order valence-electron chi connectivity index (χ4n) is 3.26. The van der Waals surface area contributed by atoms with Crippen LogP contribution in [0.5, 0.6) is 0 Å². The molecule has 31 heavy (non-hydrogen) atoms. The molecule has 0 bridgehead atoms. The molecule has 1 unspecified atom stereocenters. The van der Waals surface area contributed by atoms with Crippen LogP contribution in [0.1, 0.15) is 23.2 Å². The summed E-state index contributed by atoms with van der Waals surface area (Å²) >= 11 is 0. The van der Waals surface area contributed by atoms with Gasteiger partial charge < -0.3 is 14.6 Å². The molecule has 2 aliphatic rings. The lowest BCUT2D eigenvalue weighted by atomic mass is 10.0. The topological polar surface area (TPSA) is 109 Å². The van der Waals surface area contributed by atoms with Crippen molar-refractivity contribution in [2.24, 2.45) is 5.10 Å². The normalized spacial score (nSPS) is 23.1. The number of hydrogen-bond donors (Lipinski definition) is 1. The number of rotatable bonds is 6. The molecule has 3 rings (SSSR count). The van der Waals surface area contributed by atoms with Gasteiger partial charge >= 0.3 is 6.18 Å². The maximum absolute atomic E-state index is 13.6. The number of halogens is 3. The summed E-state index contributed by atoms with van der Waals surface area (Å²) < 4.78 is 77.6. The first-order chi connectivity index (χ1) is 14.5. The van der Waals surface area contributed by atoms with E-state index >= 15 is 0 Å². The summed E-state index contributed by atoms with van der Waals surface area (Å²) in [5.41, 5.74) is -3.95. The molecule has 13 heteroatoms. The van der Waals surface area contributed by atoms with Gasteiger partial charge in [-0.25, -0.2) is 8.42 Å². The van der Waals surface area contributed by atoms with E-state index < -0.39 is 34.3 Å². The summed E-state index contributed by atoms with van der Waals surface area (Å²) in [7, 11) is -2.62. The summed E-state index contributed by atoms with van der Waals surface area (Å²) in [6.45, 7) is 0.718. The molecular formula is C18H22F3N3O6S. The number of morpholine rings is 1. The van der Waals surface area contributed by atoms with Gasteiger partial charge in [0.25, 0.3) is 11.6 Å². The lowest BCUT2D eigenvalue weighted by Crippen LogP contribution is -2.56. The Kier molecular flexibility index (Phi) is 6.72. The molecule has 1 amide bonds. The summed E-state index contributed by atoms with van der Waals surface area (Å²) in [4.78, 5) is 12.6. The number of carbonyl (C=O) groups excluding carboxylic acids is 1. The highest BCUT2D eigenvalue weighted by Gasteiger charge is 2.63. The maximum atomic E-state index is 13.6. The van der Waals surface area contributed by atoms with Gasteiger partial charge in [0, 0.05) is 44.3 Å². The second-order valence-electron chi connectivity index (χ2n) is 7.06. The molecule has 0 saturated carbocycles. The first-order valence-corrected chi connectivity index (χ1v) is 10.8. The third kappa shape index (κ3) is 4.60. The predicted molar refractivity (Wildman–Crippen MR) is 102 cm³/mol. The molecule has 0 aromatic heterocycles. The number of benzene rings is 1. The lowest BCUT2D eigenvalue weighted by molar-refractivity contribution is -0.297. The maximum Gasteiger partial charge on any atom is 0.438 e. The van der Waals surface area contributed by atoms with E-state index in [1.807, 2.05) is 0 Å². The fourth-order valence-corrected chi connectivity index (χ4v) is 4.71. The van der Waals surface area contributed by atoms with Gasteiger partial charge in [-0.15, -0.1) is 0 Å². The van der Waals surface area contributed by atoms with E-state index in [1.165, 1.54) is 29.6 Å². The Bertz CT molecular complexity index is 963. The molecule has 1 fully saturated rings. The second-order valence-corrected chi connectivity index (χ2v) is 9.00. The highest BCUT2D eigenvalue weighted by atomic mass is 32.2. The van der Waals surface area contributed by atoms with Crippen molar-refractivity contribution in [3.63, 3.8) is 0 Å². The monoisotopic (exact) mass is 465 g/mol. The predicted octanol–water partition coefficient (Wildman–Crippen LogP) is 1.20. The number of alkyl halides is 3. The van der Waals surface area contributed by atoms with Crippen molar-refractivity contribution in [2.45, 2.75) is 29.6 Å². The molecule has 1 N–H and O–H groups in total. The largest absolute Gasteiger partial charge is 0.438 e. The number of hydrogen-bond acceptors (Lipinski definition) is 7. The molecule has 0 spiro atoms. The Hall–Kier alpha value is -2.06. The molecule has 1 saturated heterocycles. The van der Waals surface area contributed by atoms with Gasteiger partial charge in [0.15, 0.2) is 0 Å². The molecule has 9 nitrogen and oxygen atoms in total. The van der Waals surface area contributed by atoms with E-state index in [0.29, 0.717) is 0 Å². The van der Waals surface area contributed by atoms with Crippen LogP contribution in [-0.4, -0.2) is 86.4 Å². The minimum absolute atomic E-state index is 0.00980. The summed E-state index contributed by atoms with van der Waals surface area (Å²) in [5, 5.41) is 14.0. The van der Waals surface area contributed by atoms with Crippen LogP contribution >= 0.6 is 0 Å². The van der Waals surface area contributed by atoms with Crippen LogP contribution in [0.3, 0.4) is 0 Å². The smallest absolute Gasteiger partial charge is 0.384 e. The number of amides is 1. The SMILES string of the molecule is COCCC1=NN(C(=O)c2cccc(S(=O)(=O)N3CCOCC3)c2)C(O)(C(F)(F)F)C1. The second kappa shape index (κ2) is 8.82. The van der Waals surface area contributed by atoms with E-state index in [4.69, 9.17) is 9.47 Å². The zero-order valence-electron chi connectivity index (χ0n) is 16.6. The van der Waals surface area contributed by atoms with Crippen LogP contribution < -0.4 is 0 Å². The van der Waals surface area contributed by atoms with Crippen LogP contribution in [0.25, 0.3) is 0 Å². The van der Waals surface area contributed by atoms with Gasteiger partial charge in [0.05, 0.1) is 24.7 Å². The third-order valence-electron chi connectivity index (χ3n) is 4.97. The van der Waals surface area contributed by atoms with Crippen LogP contribution in [0.4, 0.5) is 13.2 Å². The summed E-state index contributed by atoms with van der Waals surface area (Å²) in [6.07, 6.45) is -6.11. The molecule has 1 atom stereocenters. The van der Waals surface area contributed by atoms with E-state index in [2.05, 4.69) is 5.10 Å². The summed E-state index contributed by atoms with van der Waals surface area (Å²) in [6, 6.07) is 4.64. The Balaban J connectivity index is 1.94. The fraction of sp³-hybridized carbons (Fsp3) is 0.556. The van der Waals surface area contributed by atoms with Gasteiger partial charge in [-0.3, -0.25) is 4.79 Å². The van der Waals surface area contributed by atoms with Gasteiger partial charge in [-0.2, -0.15) is 27.6 Å². The zero-order chi connectivity index (χ0) is 22.9. The van der Waals surface area contributed by atoms with Crippen molar-refractivity contribution < 1.29 is 41.0 Å². The number of methoxy groups -OCH3 is 1. The van der Waals surface area contributed by atoms with E-state index in [9.17, 15) is 31.5 Å². The van der Waals surface area contributed by atoms with Crippen molar-refractivity contribution in [3.8, 4) is 0 Å². The Morgan fingerprint density at radius 1 is 1.32 bits per heavy atom. The lowest BCUT2D eigenvalue weighted by Gasteiger charge is -2.32. The molecule has 0 aliphatic carbocycles. The average molecular weight is 465 g/mol. The molecule has 1 aromatic rings. The quantitative estimate of drug-likeness (QED) is 0.676. The van der Waals surface area contributed by atoms with E-state index in [-0.39, 0.29) is 60.5 Å². The highest BCUT2D eigenvalue weighted by molar-refractivity contribution is 7.89. The molecule has 172 valence electrons. The zero-order valence-corrected chi connectivity index (χ0v) is 17.4. The first-order valence-electron chi connectivity index (χ1n) is 9.37. The Labute approximate surface area is 177 Å². The molecule has 1 aromatic carbocycles. The summed E-state index contributed by atoms with van der Waals surface area (Å²) in [5.74, 6) is -1.27. The minimum atomic E-state index is -5.18. The van der Waals surface area contributed by atoms with Gasteiger partial charge in [0.1, 0.15) is 0 Å². The van der Waals surface area contributed by atoms with Gasteiger partial charge in [-0.05, 0) is 18.2 Å². The van der Waals surface area contributed by atoms with Crippen molar-refractivity contribution in [1.82, 2.24) is 9.31 Å². The van der Waals surface area contributed by atoms with Crippen molar-refractivity contribution in [2.75, 3.05) is 40.0 Å². The number of aliphatic hydroxyl groups is 1. The van der Waals surface area contributed by atoms with Crippen molar-refractivity contribution >= 4 is 21.6 Å². The van der Waals surface area contributed by atoms with E-state index in [1.54, 1.807) is 0 Å². The first kappa shape index (κ1) is 23.6. The molecule has 0 radical (unpaired) electrons. The average Bonchev–Trinajstić information content (AvgIpc) is 3.10. The Morgan fingerprint density at radius 3 is 2.61 bits per heavy atom. The number of nitrogens with zero attached hydrogens (tertiary/aromatic N) is 3. The van der Waals surface area contributed by atoms with Crippen LogP contribution in [-0.2, 0) is 19.5 Å². The molecule has 2 heterocycles. The van der Waals surface area contributed by atoms with Crippen molar-refractivity contribution in [3.05, 3.63) is 29.8 Å². The minimum Gasteiger partial charge on any atom is -0.384 e. The van der Waals surface area contributed by atoms with Crippen LogP contribution in [0.15, 0.2) is 34.3 Å². The number of sulfonamides is 1. The standard InChI is InChI=1S/C18H22F3N3O6S/c1-29-8-5-14-12-17(26,18(19,20)21)24(22-14)16(25)13-3-2-4-15(11-13)31(27,28)23-6-9-30-10-7-23/h2-4,11,26H,5-10,12H2,1H3. The van der Waals surface area contributed by atoms with Gasteiger partial charge in [0.2, 0.25) is 10.0 Å². The van der Waals surface area contributed by atoms with Crippen LogP contribution in [0.2, 0.25) is 0 Å². The van der Waals surface area contributed by atoms with E-state index in [0.717, 1.165) is 6.07 Å². The van der Waals surface area contributed by atoms with Crippen LogP contribution in [0, 0.1) is 0 Å². The Morgan fingerprint density at radius 2 is 2.00 bits per heavy atom. The van der Waals surface area contributed by atoms with Crippen molar-refractivity contribution in [1.29, 1.82) is 0 Å². The van der Waals surface area contributed by atoms with Gasteiger partial charge in [-0.1, -0.05) is 6.07 Å². The molecular weight excluding hydrogens is 443 g/mol. The number of ether oxygens (including phenoxy) is 2.